The summed E-state index contributed by atoms with van der Waals surface area (Å²) in [7, 11) is -1.04. The zero-order valence-electron chi connectivity index (χ0n) is 15.6. The first kappa shape index (κ1) is 19.4. The van der Waals surface area contributed by atoms with Gasteiger partial charge in [-0.05, 0) is 38.3 Å². The van der Waals surface area contributed by atoms with Crippen molar-refractivity contribution in [2.24, 2.45) is 0 Å². The summed E-state index contributed by atoms with van der Waals surface area (Å²) in [6, 6.07) is 10.6. The van der Waals surface area contributed by atoms with Crippen molar-refractivity contribution in [3.8, 4) is 0 Å². The summed E-state index contributed by atoms with van der Waals surface area (Å²) in [6.45, 7) is 1.05. The summed E-state index contributed by atoms with van der Waals surface area (Å²) in [5, 5.41) is 0. The molecule has 1 unspecified atom stereocenters. The lowest BCUT2D eigenvalue weighted by molar-refractivity contribution is -0.134. The molecule has 5 nitrogen and oxygen atoms in total. The molecule has 2 fully saturated rings. The molecule has 2 aliphatic rings. The molecule has 3 rings (SSSR count). The lowest BCUT2D eigenvalue weighted by Gasteiger charge is -2.32. The molecule has 144 valence electrons. The second kappa shape index (κ2) is 8.53. The van der Waals surface area contributed by atoms with Crippen LogP contribution in [0.4, 0.5) is 0 Å². The van der Waals surface area contributed by atoms with Crippen molar-refractivity contribution in [2.75, 3.05) is 31.6 Å². The Morgan fingerprint density at radius 2 is 1.77 bits per heavy atom. The van der Waals surface area contributed by atoms with E-state index < -0.39 is 9.84 Å². The van der Waals surface area contributed by atoms with E-state index >= 15 is 0 Å². The van der Waals surface area contributed by atoms with Crippen LogP contribution in [0.5, 0.6) is 0 Å². The van der Waals surface area contributed by atoms with E-state index in [-0.39, 0.29) is 23.5 Å². The van der Waals surface area contributed by atoms with E-state index in [1.165, 1.54) is 18.4 Å². The maximum Gasteiger partial charge on any atom is 0.237 e. The van der Waals surface area contributed by atoms with Gasteiger partial charge in [-0.2, -0.15) is 0 Å². The third kappa shape index (κ3) is 5.07. The van der Waals surface area contributed by atoms with Crippen LogP contribution in [0.15, 0.2) is 30.3 Å². The number of carbonyl (C=O) groups is 1. The Kier molecular flexibility index (Phi) is 6.35. The Balaban J connectivity index is 1.61. The molecular formula is C20H30N2O3S. The van der Waals surface area contributed by atoms with Gasteiger partial charge in [-0.25, -0.2) is 8.42 Å². The van der Waals surface area contributed by atoms with Gasteiger partial charge in [-0.1, -0.05) is 43.2 Å². The minimum atomic E-state index is -2.93. The second-order valence-electron chi connectivity index (χ2n) is 7.73. The van der Waals surface area contributed by atoms with Crippen molar-refractivity contribution in [2.45, 2.75) is 50.6 Å². The Hall–Kier alpha value is -1.40. The number of rotatable bonds is 7. The van der Waals surface area contributed by atoms with Gasteiger partial charge in [-0.15, -0.1) is 0 Å². The molecular weight excluding hydrogens is 348 g/mol. The molecule has 0 spiro atoms. The van der Waals surface area contributed by atoms with Gasteiger partial charge in [0, 0.05) is 18.6 Å². The highest BCUT2D eigenvalue weighted by Crippen LogP contribution is 2.24. The van der Waals surface area contributed by atoms with Gasteiger partial charge in [0.2, 0.25) is 5.91 Å². The van der Waals surface area contributed by atoms with Crippen LogP contribution >= 0.6 is 0 Å². The summed E-state index contributed by atoms with van der Waals surface area (Å²) in [5.41, 5.74) is 1.25. The van der Waals surface area contributed by atoms with Crippen LogP contribution in [0.2, 0.25) is 0 Å². The van der Waals surface area contributed by atoms with E-state index in [4.69, 9.17) is 0 Å². The van der Waals surface area contributed by atoms with Crippen LogP contribution in [-0.2, 0) is 21.1 Å². The third-order valence-corrected chi connectivity index (χ3v) is 7.54. The minimum Gasteiger partial charge on any atom is -0.338 e. The van der Waals surface area contributed by atoms with E-state index in [1.54, 1.807) is 0 Å². The van der Waals surface area contributed by atoms with Crippen molar-refractivity contribution in [3.05, 3.63) is 35.9 Å². The molecule has 1 saturated carbocycles. The maximum absolute atomic E-state index is 13.0. The summed E-state index contributed by atoms with van der Waals surface area (Å²) in [6.07, 6.45) is 6.06. The van der Waals surface area contributed by atoms with Gasteiger partial charge < -0.3 is 4.90 Å². The average molecular weight is 379 g/mol. The molecule has 1 aliphatic heterocycles. The van der Waals surface area contributed by atoms with Crippen molar-refractivity contribution < 1.29 is 13.2 Å². The van der Waals surface area contributed by atoms with E-state index in [0.29, 0.717) is 19.0 Å². The SMILES string of the molecule is CN(CC(=O)N(CCc1ccccc1)C1CCCC1)C1CCS(=O)(=O)C1. The van der Waals surface area contributed by atoms with Crippen molar-refractivity contribution in [1.29, 1.82) is 0 Å². The van der Waals surface area contributed by atoms with Gasteiger partial charge >= 0.3 is 0 Å². The maximum atomic E-state index is 13.0. The van der Waals surface area contributed by atoms with Crippen molar-refractivity contribution in [1.82, 2.24) is 9.80 Å². The molecule has 1 aromatic rings. The smallest absolute Gasteiger partial charge is 0.237 e. The van der Waals surface area contributed by atoms with Crippen molar-refractivity contribution in [3.63, 3.8) is 0 Å². The van der Waals surface area contributed by atoms with E-state index in [2.05, 4.69) is 17.0 Å². The van der Waals surface area contributed by atoms with Gasteiger partial charge in [0.25, 0.3) is 0 Å². The molecule has 1 aromatic carbocycles. The Morgan fingerprint density at radius 1 is 1.08 bits per heavy atom. The first-order valence-electron chi connectivity index (χ1n) is 9.69. The normalized spacial score (nSPS) is 22.8. The highest BCUT2D eigenvalue weighted by Gasteiger charge is 2.33. The molecule has 0 aromatic heterocycles. The average Bonchev–Trinajstić information content (AvgIpc) is 3.25. The van der Waals surface area contributed by atoms with Gasteiger partial charge in [0.15, 0.2) is 9.84 Å². The fourth-order valence-corrected chi connectivity index (χ4v) is 5.98. The summed E-state index contributed by atoms with van der Waals surface area (Å²) < 4.78 is 23.4. The number of likely N-dealkylation sites (N-methyl/N-ethyl adjacent to an activating group) is 1. The third-order valence-electron chi connectivity index (χ3n) is 5.79. The molecule has 26 heavy (non-hydrogen) atoms. The molecule has 0 N–H and O–H groups in total. The minimum absolute atomic E-state index is 0.0245. The molecule has 1 atom stereocenters. The number of carbonyl (C=O) groups excluding carboxylic acids is 1. The van der Waals surface area contributed by atoms with Crippen LogP contribution < -0.4 is 0 Å². The van der Waals surface area contributed by atoms with Crippen LogP contribution in [0.3, 0.4) is 0 Å². The predicted octanol–water partition coefficient (Wildman–Crippen LogP) is 2.12. The highest BCUT2D eigenvalue weighted by atomic mass is 32.2. The fourth-order valence-electron chi connectivity index (χ4n) is 4.18. The van der Waals surface area contributed by atoms with Gasteiger partial charge in [0.05, 0.1) is 18.1 Å². The number of amides is 1. The molecule has 1 saturated heterocycles. The lowest BCUT2D eigenvalue weighted by Crippen LogP contribution is -2.47. The number of hydrogen-bond acceptors (Lipinski definition) is 4. The first-order valence-corrected chi connectivity index (χ1v) is 11.5. The molecule has 1 amide bonds. The second-order valence-corrected chi connectivity index (χ2v) is 9.96. The van der Waals surface area contributed by atoms with Crippen LogP contribution in [0, 0.1) is 0 Å². The molecule has 6 heteroatoms. The number of benzene rings is 1. The summed E-state index contributed by atoms with van der Waals surface area (Å²) in [4.78, 5) is 17.0. The lowest BCUT2D eigenvalue weighted by atomic mass is 10.1. The number of sulfone groups is 1. The summed E-state index contributed by atoms with van der Waals surface area (Å²) in [5.74, 6) is 0.570. The molecule has 0 radical (unpaired) electrons. The quantitative estimate of drug-likeness (QED) is 0.729. The molecule has 1 aliphatic carbocycles. The number of nitrogens with zero attached hydrogens (tertiary/aromatic N) is 2. The van der Waals surface area contributed by atoms with Crippen molar-refractivity contribution >= 4 is 15.7 Å². The molecule has 1 heterocycles. The Labute approximate surface area is 157 Å². The summed E-state index contributed by atoms with van der Waals surface area (Å²) >= 11 is 0. The monoisotopic (exact) mass is 378 g/mol. The zero-order valence-corrected chi connectivity index (χ0v) is 16.5. The highest BCUT2D eigenvalue weighted by molar-refractivity contribution is 7.91. The zero-order chi connectivity index (χ0) is 18.6. The van der Waals surface area contributed by atoms with Gasteiger partial charge in [0.1, 0.15) is 0 Å². The van der Waals surface area contributed by atoms with E-state index in [9.17, 15) is 13.2 Å². The Morgan fingerprint density at radius 3 is 2.38 bits per heavy atom. The fraction of sp³-hybridized carbons (Fsp3) is 0.650. The van der Waals surface area contributed by atoms with Crippen LogP contribution in [-0.4, -0.2) is 67.9 Å². The molecule has 0 bridgehead atoms. The first-order chi connectivity index (χ1) is 12.4. The van der Waals surface area contributed by atoms with Gasteiger partial charge in [-0.3, -0.25) is 9.69 Å². The standard InChI is InChI=1S/C20H30N2O3S/c1-21(19-12-14-26(24,25)16-19)15-20(23)22(18-9-5-6-10-18)13-11-17-7-3-2-4-8-17/h2-4,7-8,18-19H,5-6,9-16H2,1H3. The number of hydrogen-bond donors (Lipinski definition) is 0. The Bertz CT molecular complexity index is 699. The van der Waals surface area contributed by atoms with E-state index in [0.717, 1.165) is 25.8 Å². The van der Waals surface area contributed by atoms with Crippen LogP contribution in [0.25, 0.3) is 0 Å². The topological polar surface area (TPSA) is 57.7 Å². The van der Waals surface area contributed by atoms with E-state index in [1.807, 2.05) is 30.1 Å². The van der Waals surface area contributed by atoms with Crippen LogP contribution in [0.1, 0.15) is 37.7 Å². The largest absolute Gasteiger partial charge is 0.338 e. The predicted molar refractivity (Wildman–Crippen MR) is 104 cm³/mol.